The van der Waals surface area contributed by atoms with Crippen molar-refractivity contribution >= 4 is 0 Å². The van der Waals surface area contributed by atoms with E-state index < -0.39 is 0 Å². The number of likely N-dealkylation sites (N-methyl/N-ethyl adjacent to an activating group) is 1. The van der Waals surface area contributed by atoms with Crippen LogP contribution in [0.5, 0.6) is 0 Å². The Labute approximate surface area is 96.2 Å². The van der Waals surface area contributed by atoms with Gasteiger partial charge in [0.2, 0.25) is 0 Å². The normalized spacial score (nSPS) is 19.9. The summed E-state index contributed by atoms with van der Waals surface area (Å²) in [6, 6.07) is 10.4. The van der Waals surface area contributed by atoms with Gasteiger partial charge in [-0.1, -0.05) is 12.1 Å². The van der Waals surface area contributed by atoms with Crippen LogP contribution in [0, 0.1) is 11.3 Å². The molecule has 0 N–H and O–H groups in total. The minimum atomic E-state index is 0.538. The van der Waals surface area contributed by atoms with E-state index in [0.29, 0.717) is 6.04 Å². The summed E-state index contributed by atoms with van der Waals surface area (Å²) >= 11 is 0. The molecule has 1 unspecified atom stereocenters. The third-order valence-electron chi connectivity index (χ3n) is 3.04. The Morgan fingerprint density at radius 2 is 2.19 bits per heavy atom. The molecule has 1 saturated heterocycles. The van der Waals surface area contributed by atoms with Gasteiger partial charge in [0.25, 0.3) is 0 Å². The summed E-state index contributed by atoms with van der Waals surface area (Å²) in [7, 11) is 2.12. The van der Waals surface area contributed by atoms with Gasteiger partial charge in [-0.05, 0) is 31.2 Å². The fraction of sp³-hybridized carbons (Fsp3) is 0.462. The molecule has 3 heteroatoms. The lowest BCUT2D eigenvalue weighted by atomic mass is 10.1. The first kappa shape index (κ1) is 11.1. The van der Waals surface area contributed by atoms with E-state index in [1.807, 2.05) is 24.3 Å². The fourth-order valence-electron chi connectivity index (χ4n) is 1.97. The lowest BCUT2D eigenvalue weighted by Gasteiger charge is -2.22. The predicted molar refractivity (Wildman–Crippen MR) is 61.8 cm³/mol. The van der Waals surface area contributed by atoms with Gasteiger partial charge in [0, 0.05) is 19.2 Å². The summed E-state index contributed by atoms with van der Waals surface area (Å²) in [4.78, 5) is 2.31. The second-order valence-corrected chi connectivity index (χ2v) is 4.24. The number of ether oxygens (including phenoxy) is 1. The van der Waals surface area contributed by atoms with Crippen LogP contribution < -0.4 is 0 Å². The first-order valence-electron chi connectivity index (χ1n) is 5.56. The third kappa shape index (κ3) is 2.60. The average molecular weight is 216 g/mol. The summed E-state index contributed by atoms with van der Waals surface area (Å²) in [6.07, 6.45) is 1.12. The van der Waals surface area contributed by atoms with Crippen LogP contribution in [0.3, 0.4) is 0 Å². The molecule has 0 aliphatic carbocycles. The van der Waals surface area contributed by atoms with E-state index in [1.165, 1.54) is 5.56 Å². The summed E-state index contributed by atoms with van der Waals surface area (Å²) in [5.74, 6) is 0. The van der Waals surface area contributed by atoms with Gasteiger partial charge in [-0.3, -0.25) is 4.90 Å². The molecular formula is C13H16N2O. The number of benzene rings is 1. The molecule has 3 nitrogen and oxygen atoms in total. The number of nitrogens with zero attached hydrogens (tertiary/aromatic N) is 2. The number of hydrogen-bond acceptors (Lipinski definition) is 3. The molecule has 2 rings (SSSR count). The Balaban J connectivity index is 1.95. The van der Waals surface area contributed by atoms with Crippen molar-refractivity contribution in [2.24, 2.45) is 0 Å². The zero-order valence-electron chi connectivity index (χ0n) is 9.52. The van der Waals surface area contributed by atoms with Crippen LogP contribution in [0.15, 0.2) is 24.3 Å². The van der Waals surface area contributed by atoms with Crippen LogP contribution in [0.4, 0.5) is 0 Å². The first-order valence-corrected chi connectivity index (χ1v) is 5.56. The maximum Gasteiger partial charge on any atom is 0.0991 e. The molecule has 1 aromatic rings. The van der Waals surface area contributed by atoms with Crippen LogP contribution >= 0.6 is 0 Å². The van der Waals surface area contributed by atoms with E-state index in [9.17, 15) is 0 Å². The second kappa shape index (κ2) is 5.11. The fourth-order valence-corrected chi connectivity index (χ4v) is 1.97. The number of hydrogen-bond donors (Lipinski definition) is 0. The second-order valence-electron chi connectivity index (χ2n) is 4.24. The standard InChI is InChI=1S/C13H16N2O/c1-15(13-6-7-16-10-13)9-12-4-2-11(8-14)3-5-12/h2-5,13H,6-7,9-10H2,1H3. The highest BCUT2D eigenvalue weighted by molar-refractivity contribution is 5.31. The van der Waals surface area contributed by atoms with Crippen LogP contribution in [0.2, 0.25) is 0 Å². The van der Waals surface area contributed by atoms with Crippen LogP contribution in [-0.2, 0) is 11.3 Å². The lowest BCUT2D eigenvalue weighted by Crippen LogP contribution is -2.31. The van der Waals surface area contributed by atoms with Gasteiger partial charge in [-0.2, -0.15) is 5.26 Å². The van der Waals surface area contributed by atoms with E-state index in [-0.39, 0.29) is 0 Å². The molecule has 1 atom stereocenters. The molecular weight excluding hydrogens is 200 g/mol. The Morgan fingerprint density at radius 3 is 2.75 bits per heavy atom. The average Bonchev–Trinajstić information content (AvgIpc) is 2.83. The summed E-state index contributed by atoms with van der Waals surface area (Å²) in [5.41, 5.74) is 1.96. The van der Waals surface area contributed by atoms with Crippen molar-refractivity contribution in [3.63, 3.8) is 0 Å². The van der Waals surface area contributed by atoms with Crippen LogP contribution in [0.1, 0.15) is 17.5 Å². The zero-order valence-corrected chi connectivity index (χ0v) is 9.52. The topological polar surface area (TPSA) is 36.3 Å². The Morgan fingerprint density at radius 1 is 1.44 bits per heavy atom. The van der Waals surface area contributed by atoms with Crippen LogP contribution in [-0.4, -0.2) is 31.2 Å². The molecule has 0 saturated carbocycles. The summed E-state index contributed by atoms with van der Waals surface area (Å²) in [6.45, 7) is 2.63. The Hall–Kier alpha value is -1.37. The monoisotopic (exact) mass is 216 g/mol. The molecule has 1 aliphatic heterocycles. The summed E-state index contributed by atoms with van der Waals surface area (Å²) < 4.78 is 5.37. The predicted octanol–water partition coefficient (Wildman–Crippen LogP) is 1.78. The van der Waals surface area contributed by atoms with Crippen molar-refractivity contribution in [3.8, 4) is 6.07 Å². The highest BCUT2D eigenvalue weighted by Gasteiger charge is 2.19. The number of rotatable bonds is 3. The quantitative estimate of drug-likeness (QED) is 0.772. The van der Waals surface area contributed by atoms with Gasteiger partial charge >= 0.3 is 0 Å². The van der Waals surface area contributed by atoms with Crippen molar-refractivity contribution in [3.05, 3.63) is 35.4 Å². The Kier molecular flexibility index (Phi) is 3.55. The van der Waals surface area contributed by atoms with Gasteiger partial charge < -0.3 is 4.74 Å². The maximum absolute atomic E-state index is 8.71. The first-order chi connectivity index (χ1) is 7.79. The van der Waals surface area contributed by atoms with E-state index in [0.717, 1.165) is 31.7 Å². The van der Waals surface area contributed by atoms with E-state index >= 15 is 0 Å². The molecule has 0 spiro atoms. The van der Waals surface area contributed by atoms with Gasteiger partial charge in [-0.25, -0.2) is 0 Å². The highest BCUT2D eigenvalue weighted by Crippen LogP contribution is 2.14. The lowest BCUT2D eigenvalue weighted by molar-refractivity contribution is 0.156. The van der Waals surface area contributed by atoms with Crippen molar-refractivity contribution in [2.75, 3.05) is 20.3 Å². The van der Waals surface area contributed by atoms with Crippen molar-refractivity contribution in [2.45, 2.75) is 19.0 Å². The van der Waals surface area contributed by atoms with E-state index in [4.69, 9.17) is 10.00 Å². The molecule has 0 aromatic heterocycles. The largest absolute Gasteiger partial charge is 0.380 e. The molecule has 1 fully saturated rings. The molecule has 84 valence electrons. The SMILES string of the molecule is CN(Cc1ccc(C#N)cc1)C1CCOC1. The van der Waals surface area contributed by atoms with E-state index in [1.54, 1.807) is 0 Å². The van der Waals surface area contributed by atoms with Crippen molar-refractivity contribution in [1.82, 2.24) is 4.90 Å². The molecule has 0 bridgehead atoms. The van der Waals surface area contributed by atoms with Gasteiger partial charge in [0.05, 0.1) is 18.2 Å². The van der Waals surface area contributed by atoms with E-state index in [2.05, 4.69) is 18.0 Å². The smallest absolute Gasteiger partial charge is 0.0991 e. The summed E-state index contributed by atoms with van der Waals surface area (Å²) in [5, 5.41) is 8.71. The molecule has 1 heterocycles. The molecule has 0 amide bonds. The van der Waals surface area contributed by atoms with Gasteiger partial charge in [0.15, 0.2) is 0 Å². The number of nitriles is 1. The van der Waals surface area contributed by atoms with Gasteiger partial charge in [0.1, 0.15) is 0 Å². The van der Waals surface area contributed by atoms with Crippen molar-refractivity contribution < 1.29 is 4.74 Å². The maximum atomic E-state index is 8.71. The van der Waals surface area contributed by atoms with Crippen molar-refractivity contribution in [1.29, 1.82) is 5.26 Å². The molecule has 1 aromatic carbocycles. The zero-order chi connectivity index (χ0) is 11.4. The molecule has 0 radical (unpaired) electrons. The third-order valence-corrected chi connectivity index (χ3v) is 3.04. The minimum absolute atomic E-state index is 0.538. The molecule has 16 heavy (non-hydrogen) atoms. The minimum Gasteiger partial charge on any atom is -0.380 e. The highest BCUT2D eigenvalue weighted by atomic mass is 16.5. The Bertz CT molecular complexity index is 374. The van der Waals surface area contributed by atoms with Crippen LogP contribution in [0.25, 0.3) is 0 Å². The molecule has 1 aliphatic rings. The van der Waals surface area contributed by atoms with Gasteiger partial charge in [-0.15, -0.1) is 0 Å².